The molecule has 0 aromatic rings. The molecule has 11 heavy (non-hydrogen) atoms. The van der Waals surface area contributed by atoms with Gasteiger partial charge in [-0.3, -0.25) is 4.79 Å². The molecule has 0 aliphatic heterocycles. The number of hydrogen-bond acceptors (Lipinski definition) is 3. The second kappa shape index (κ2) is 9.88. The minimum atomic E-state index is -0.659. The molecular weight excluding hydrogens is 172 g/mol. The summed E-state index contributed by atoms with van der Waals surface area (Å²) in [4.78, 5) is 19.9. The van der Waals surface area contributed by atoms with Gasteiger partial charge >= 0.3 is 50.2 Å². The molecule has 0 fully saturated rings. The van der Waals surface area contributed by atoms with E-state index >= 15 is 0 Å². The fourth-order valence-corrected chi connectivity index (χ4v) is 0.332. The van der Waals surface area contributed by atoms with Crippen molar-refractivity contribution in [2.24, 2.45) is 0 Å². The minimum absolute atomic E-state index is 0. The van der Waals surface area contributed by atoms with Crippen LogP contribution in [-0.2, 0) is 14.3 Å². The zero-order valence-electron chi connectivity index (χ0n) is 8.32. The summed E-state index contributed by atoms with van der Waals surface area (Å²) in [5.74, 6) is -0.659. The second-order valence-electron chi connectivity index (χ2n) is 1.42. The Morgan fingerprint density at radius 3 is 2.55 bits per heavy atom. The van der Waals surface area contributed by atoms with Crippen LogP contribution in [0, 0.1) is 0 Å². The first-order chi connectivity index (χ1) is 4.81. The molecule has 0 aromatic heterocycles. The number of carbonyl (C=O) groups excluding carboxylic acids is 2. The van der Waals surface area contributed by atoms with E-state index in [0.29, 0.717) is 0 Å². The van der Waals surface area contributed by atoms with Crippen molar-refractivity contribution in [1.82, 2.24) is 0 Å². The zero-order chi connectivity index (χ0) is 7.82. The smallest absolute Gasteiger partial charge is 1.00 e. The van der Waals surface area contributed by atoms with Crippen LogP contribution in [0.1, 0.15) is 9.78 Å². The molecule has 0 radical (unpaired) electrons. The topological polar surface area (TPSA) is 43.4 Å². The van der Waals surface area contributed by atoms with Gasteiger partial charge in [0.2, 0.25) is 0 Å². The van der Waals surface area contributed by atoms with E-state index in [2.05, 4.69) is 4.74 Å². The average Bonchev–Trinajstić information content (AvgIpc) is 1.89. The Hall–Kier alpha value is -0.120. The molecule has 3 nitrogen and oxygen atoms in total. The van der Waals surface area contributed by atoms with Crippen molar-refractivity contribution in [3.05, 3.63) is 24.3 Å². The fraction of sp³-hybridized carbons (Fsp3) is 0.143. The van der Waals surface area contributed by atoms with Crippen LogP contribution in [0.25, 0.3) is 0 Å². The second-order valence-corrected chi connectivity index (χ2v) is 1.42. The van der Waals surface area contributed by atoms with Gasteiger partial charge in [-0.05, 0) is 6.92 Å². The van der Waals surface area contributed by atoms with Crippen molar-refractivity contribution < 1.29 is 17.2 Å². The summed E-state index contributed by atoms with van der Waals surface area (Å²) < 4.78 is 3.95. The first-order valence-corrected chi connectivity index (χ1v) is 2.75. The first-order valence-electron chi connectivity index (χ1n) is 2.75. The number of esters is 1. The van der Waals surface area contributed by atoms with Gasteiger partial charge in [0.15, 0.2) is 0 Å². The number of rotatable bonds is 3. The van der Waals surface area contributed by atoms with Crippen LogP contribution >= 0.6 is 0 Å². The molecule has 0 aliphatic carbocycles. The van der Waals surface area contributed by atoms with Gasteiger partial charge in [-0.25, -0.2) is 4.79 Å². The third kappa shape index (κ3) is 9.88. The van der Waals surface area contributed by atoms with Crippen molar-refractivity contribution in [3.8, 4) is 0 Å². The predicted molar refractivity (Wildman–Crippen MR) is 44.1 cm³/mol. The number of ether oxygens (including phenoxy) is 1. The molecule has 4 heteroatoms. The van der Waals surface area contributed by atoms with E-state index in [1.807, 2.05) is 6.92 Å². The number of carbonyl (C=O) groups is 2. The van der Waals surface area contributed by atoms with E-state index in [1.54, 1.807) is 12.2 Å². The Bertz CT molecular complexity index is 181. The predicted octanol–water partition coefficient (Wildman–Crippen LogP) is 0.662. The van der Waals surface area contributed by atoms with Gasteiger partial charge in [0.1, 0.15) is 0 Å². The van der Waals surface area contributed by atoms with E-state index < -0.39 is 5.97 Å². The molecule has 0 bridgehead atoms. The Morgan fingerprint density at radius 2 is 2.09 bits per heavy atom. The molecule has 0 unspecified atom stereocenters. The van der Waals surface area contributed by atoms with Gasteiger partial charge in [-0.2, -0.15) is 0 Å². The molecule has 0 atom stereocenters. The molecule has 0 saturated heterocycles. The van der Waals surface area contributed by atoms with Crippen molar-refractivity contribution in [2.45, 2.75) is 6.92 Å². The first kappa shape index (κ1) is 13.5. The van der Waals surface area contributed by atoms with Crippen molar-refractivity contribution in [3.63, 3.8) is 0 Å². The fourth-order valence-electron chi connectivity index (χ4n) is 0.332. The maximum Gasteiger partial charge on any atom is 2.00 e. The molecular formula is C7H10CaO3. The molecule has 0 amide bonds. The van der Waals surface area contributed by atoms with Crippen LogP contribution in [0.5, 0.6) is 0 Å². The molecule has 0 rings (SSSR count). The standard InChI is InChI=1S/C7H8O3.Ca.2H/c1-2-3-4-5-7(9)10-6-8;;;/h2-6H,1H3;;;/q;+2;2*-1/b3-2+,5-4+;;;. The van der Waals surface area contributed by atoms with Gasteiger partial charge in [-0.1, -0.05) is 18.2 Å². The summed E-state index contributed by atoms with van der Waals surface area (Å²) in [6.07, 6.45) is 6.07. The van der Waals surface area contributed by atoms with E-state index in [9.17, 15) is 9.59 Å². The van der Waals surface area contributed by atoms with Crippen LogP contribution in [-0.4, -0.2) is 50.2 Å². The largest absolute Gasteiger partial charge is 2.00 e. The maximum atomic E-state index is 10.3. The molecule has 0 N–H and O–H groups in total. The Balaban J connectivity index is -0.000000135. The third-order valence-corrected chi connectivity index (χ3v) is 0.700. The molecule has 0 aliphatic rings. The van der Waals surface area contributed by atoms with Crippen LogP contribution in [0.2, 0.25) is 0 Å². The molecule has 0 heterocycles. The third-order valence-electron chi connectivity index (χ3n) is 0.700. The normalized spacial score (nSPS) is 9.55. The Morgan fingerprint density at radius 1 is 1.45 bits per heavy atom. The van der Waals surface area contributed by atoms with Crippen LogP contribution < -0.4 is 0 Å². The quantitative estimate of drug-likeness (QED) is 0.161. The summed E-state index contributed by atoms with van der Waals surface area (Å²) in [6, 6.07) is 0. The van der Waals surface area contributed by atoms with Gasteiger partial charge in [-0.15, -0.1) is 0 Å². The molecule has 0 aromatic carbocycles. The molecule has 0 saturated carbocycles. The van der Waals surface area contributed by atoms with Gasteiger partial charge < -0.3 is 7.59 Å². The van der Waals surface area contributed by atoms with Gasteiger partial charge in [0, 0.05) is 6.08 Å². The van der Waals surface area contributed by atoms with E-state index in [4.69, 9.17) is 0 Å². The average molecular weight is 182 g/mol. The van der Waals surface area contributed by atoms with Crippen LogP contribution in [0.4, 0.5) is 0 Å². The van der Waals surface area contributed by atoms with Crippen LogP contribution in [0.3, 0.4) is 0 Å². The Kier molecular flexibility index (Phi) is 12.1. The summed E-state index contributed by atoms with van der Waals surface area (Å²) in [5, 5.41) is 0. The summed E-state index contributed by atoms with van der Waals surface area (Å²) in [6.45, 7) is 1.91. The van der Waals surface area contributed by atoms with Crippen molar-refractivity contribution in [2.75, 3.05) is 0 Å². The zero-order valence-corrected chi connectivity index (χ0v) is 8.53. The number of allylic oxidation sites excluding steroid dienone is 3. The summed E-state index contributed by atoms with van der Waals surface area (Å²) in [5.41, 5.74) is 0. The van der Waals surface area contributed by atoms with E-state index in [1.165, 1.54) is 6.08 Å². The van der Waals surface area contributed by atoms with Crippen molar-refractivity contribution >= 4 is 50.2 Å². The maximum absolute atomic E-state index is 10.3. The SMILES string of the molecule is C/C=C/C=C/C(=O)OC=O.[Ca+2].[H-].[H-]. The van der Waals surface area contributed by atoms with E-state index in [-0.39, 0.29) is 47.1 Å². The van der Waals surface area contributed by atoms with Gasteiger partial charge in [0.25, 0.3) is 0 Å². The van der Waals surface area contributed by atoms with Crippen LogP contribution in [0.15, 0.2) is 24.3 Å². The molecule has 0 spiro atoms. The summed E-state index contributed by atoms with van der Waals surface area (Å²) >= 11 is 0. The Labute approximate surface area is 98.1 Å². The van der Waals surface area contributed by atoms with Gasteiger partial charge in [0.05, 0.1) is 0 Å². The minimum Gasteiger partial charge on any atom is -1.00 e. The monoisotopic (exact) mass is 182 g/mol. The van der Waals surface area contributed by atoms with E-state index in [0.717, 1.165) is 6.08 Å². The summed E-state index contributed by atoms with van der Waals surface area (Å²) in [7, 11) is 0. The number of hydrogen-bond donors (Lipinski definition) is 0. The van der Waals surface area contributed by atoms with Crippen molar-refractivity contribution in [1.29, 1.82) is 0 Å². The molecule has 58 valence electrons.